The highest BCUT2D eigenvalue weighted by atomic mass is 32.1. The van der Waals surface area contributed by atoms with Crippen molar-refractivity contribution in [2.45, 2.75) is 6.18 Å². The van der Waals surface area contributed by atoms with Crippen molar-refractivity contribution in [3.8, 4) is 5.88 Å². The molecule has 0 radical (unpaired) electrons. The number of aromatic nitrogens is 2. The molecule has 3 rings (SSSR count). The first-order valence-electron chi connectivity index (χ1n) is 7.26. The number of nitrogens with zero attached hydrogens (tertiary/aromatic N) is 2. The zero-order chi connectivity index (χ0) is 19.8. The average molecular weight is 397 g/mol. The fraction of sp³-hybridized carbons (Fsp3) is 0.125. The minimum absolute atomic E-state index is 0.0534. The number of carbonyl (C=O) groups is 2. The Hall–Kier alpha value is -3.21. The molecule has 0 atom stereocenters. The smallest absolute Gasteiger partial charge is 0.433 e. The van der Waals surface area contributed by atoms with E-state index in [-0.39, 0.29) is 22.1 Å². The molecule has 0 aliphatic rings. The highest BCUT2D eigenvalue weighted by molar-refractivity contribution is 7.22. The minimum atomic E-state index is -4.74. The first-order valence-corrected chi connectivity index (χ1v) is 8.07. The third-order valence-corrected chi connectivity index (χ3v) is 4.35. The van der Waals surface area contributed by atoms with Crippen LogP contribution in [0.5, 0.6) is 5.88 Å². The number of benzene rings is 1. The number of methoxy groups -OCH3 is 1. The van der Waals surface area contributed by atoms with Gasteiger partial charge in [0, 0.05) is 11.6 Å². The van der Waals surface area contributed by atoms with E-state index in [1.54, 1.807) is 0 Å². The Morgan fingerprint density at radius 1 is 1.15 bits per heavy atom. The van der Waals surface area contributed by atoms with Gasteiger partial charge in [0.2, 0.25) is 5.88 Å². The Morgan fingerprint density at radius 3 is 2.52 bits per heavy atom. The second kappa shape index (κ2) is 6.83. The molecule has 11 heteroatoms. The molecule has 0 unspecified atom stereocenters. The second-order valence-corrected chi connectivity index (χ2v) is 6.27. The van der Waals surface area contributed by atoms with Crippen molar-refractivity contribution in [3.63, 3.8) is 0 Å². The lowest BCUT2D eigenvalue weighted by molar-refractivity contribution is -0.141. The molecule has 0 spiro atoms. The van der Waals surface area contributed by atoms with Gasteiger partial charge in [-0.3, -0.25) is 10.1 Å². The second-order valence-electron chi connectivity index (χ2n) is 5.24. The molecule has 0 fully saturated rings. The lowest BCUT2D eigenvalue weighted by Gasteiger charge is -2.10. The topological polar surface area (TPSA) is 101 Å². The Kier molecular flexibility index (Phi) is 4.70. The van der Waals surface area contributed by atoms with Crippen LogP contribution in [0, 0.1) is 0 Å². The van der Waals surface area contributed by atoms with E-state index < -0.39 is 23.7 Å². The molecular formula is C16H10F3N3O4S. The van der Waals surface area contributed by atoms with Gasteiger partial charge < -0.3 is 9.84 Å². The molecule has 2 heterocycles. The van der Waals surface area contributed by atoms with Crippen LogP contribution >= 0.6 is 11.3 Å². The van der Waals surface area contributed by atoms with Crippen LogP contribution < -0.4 is 10.1 Å². The number of carboxylic acid groups (broad SMARTS) is 1. The van der Waals surface area contributed by atoms with E-state index in [2.05, 4.69) is 15.3 Å². The summed E-state index contributed by atoms with van der Waals surface area (Å²) in [7, 11) is 1.14. The summed E-state index contributed by atoms with van der Waals surface area (Å²) in [6.45, 7) is 0. The van der Waals surface area contributed by atoms with Crippen LogP contribution in [0.25, 0.3) is 10.2 Å². The number of halogens is 3. The lowest BCUT2D eigenvalue weighted by Crippen LogP contribution is -2.15. The van der Waals surface area contributed by atoms with Crippen LogP contribution in [0.2, 0.25) is 0 Å². The normalized spacial score (nSPS) is 11.4. The number of alkyl halides is 3. The van der Waals surface area contributed by atoms with Crippen molar-refractivity contribution in [2.75, 3.05) is 12.4 Å². The Labute approximate surface area is 153 Å². The molecule has 1 amide bonds. The SMILES string of the molecule is COc1cc(C(=O)Nc2nc3ccc(C(=O)O)cc3s2)cc(C(F)(F)F)n1. The van der Waals surface area contributed by atoms with Crippen LogP contribution in [-0.4, -0.2) is 34.1 Å². The number of rotatable bonds is 4. The summed E-state index contributed by atoms with van der Waals surface area (Å²) in [4.78, 5) is 30.7. The number of ether oxygens (including phenoxy) is 1. The molecule has 27 heavy (non-hydrogen) atoms. The van der Waals surface area contributed by atoms with Gasteiger partial charge in [-0.05, 0) is 24.3 Å². The fourth-order valence-corrected chi connectivity index (χ4v) is 3.07. The molecule has 1 aromatic carbocycles. The van der Waals surface area contributed by atoms with Crippen LogP contribution in [-0.2, 0) is 6.18 Å². The molecule has 3 aromatic rings. The number of carboxylic acids is 1. The van der Waals surface area contributed by atoms with Crippen LogP contribution in [0.3, 0.4) is 0 Å². The predicted molar refractivity (Wildman–Crippen MR) is 90.3 cm³/mol. The molecule has 0 saturated carbocycles. The fourth-order valence-electron chi connectivity index (χ4n) is 2.17. The highest BCUT2D eigenvalue weighted by Gasteiger charge is 2.34. The van der Waals surface area contributed by atoms with E-state index in [4.69, 9.17) is 9.84 Å². The lowest BCUT2D eigenvalue weighted by atomic mass is 10.2. The van der Waals surface area contributed by atoms with Gasteiger partial charge in [-0.1, -0.05) is 11.3 Å². The summed E-state index contributed by atoms with van der Waals surface area (Å²) in [5.74, 6) is -2.30. The van der Waals surface area contributed by atoms with E-state index in [0.717, 1.165) is 24.5 Å². The largest absolute Gasteiger partial charge is 0.481 e. The number of pyridine rings is 1. The molecule has 0 aliphatic carbocycles. The third kappa shape index (κ3) is 3.97. The molecule has 7 nitrogen and oxygen atoms in total. The van der Waals surface area contributed by atoms with Crippen LogP contribution in [0.1, 0.15) is 26.4 Å². The zero-order valence-electron chi connectivity index (χ0n) is 13.5. The molecular weight excluding hydrogens is 387 g/mol. The van der Waals surface area contributed by atoms with E-state index in [1.807, 2.05) is 0 Å². The van der Waals surface area contributed by atoms with Crippen molar-refractivity contribution < 1.29 is 32.6 Å². The van der Waals surface area contributed by atoms with Gasteiger partial charge in [-0.15, -0.1) is 0 Å². The Balaban J connectivity index is 1.91. The maximum absolute atomic E-state index is 12.9. The van der Waals surface area contributed by atoms with E-state index in [9.17, 15) is 22.8 Å². The molecule has 0 bridgehead atoms. The summed E-state index contributed by atoms with van der Waals surface area (Å²) in [5, 5.41) is 11.5. The summed E-state index contributed by atoms with van der Waals surface area (Å²) in [6.07, 6.45) is -4.74. The van der Waals surface area contributed by atoms with Gasteiger partial charge in [0.1, 0.15) is 5.69 Å². The zero-order valence-corrected chi connectivity index (χ0v) is 14.3. The number of fused-ring (bicyclic) bond motifs is 1. The number of amides is 1. The van der Waals surface area contributed by atoms with Gasteiger partial charge in [-0.25, -0.2) is 14.8 Å². The standard InChI is InChI=1S/C16H10F3N3O4S/c1-26-12-6-8(5-11(21-12)16(17,18)19)13(23)22-15-20-9-3-2-7(14(24)25)4-10(9)27-15/h2-6H,1H3,(H,24,25)(H,20,22,23). The summed E-state index contributed by atoms with van der Waals surface area (Å²) < 4.78 is 44.0. The maximum atomic E-state index is 12.9. The number of aromatic carboxylic acids is 1. The van der Waals surface area contributed by atoms with Gasteiger partial charge in [-0.2, -0.15) is 13.2 Å². The number of nitrogens with one attached hydrogen (secondary N) is 1. The summed E-state index contributed by atoms with van der Waals surface area (Å²) >= 11 is 0.996. The number of carbonyl (C=O) groups excluding carboxylic acids is 1. The van der Waals surface area contributed by atoms with E-state index >= 15 is 0 Å². The van der Waals surface area contributed by atoms with Crippen molar-refractivity contribution in [1.82, 2.24) is 9.97 Å². The van der Waals surface area contributed by atoms with Crippen LogP contribution in [0.4, 0.5) is 18.3 Å². The van der Waals surface area contributed by atoms with Crippen molar-refractivity contribution >= 4 is 38.6 Å². The van der Waals surface area contributed by atoms with E-state index in [1.165, 1.54) is 18.2 Å². The van der Waals surface area contributed by atoms with Crippen molar-refractivity contribution in [2.24, 2.45) is 0 Å². The van der Waals surface area contributed by atoms with Crippen molar-refractivity contribution in [1.29, 1.82) is 0 Å². The van der Waals surface area contributed by atoms with Gasteiger partial charge >= 0.3 is 12.1 Å². The molecule has 140 valence electrons. The van der Waals surface area contributed by atoms with Crippen LogP contribution in [0.15, 0.2) is 30.3 Å². The first-order chi connectivity index (χ1) is 12.7. The van der Waals surface area contributed by atoms with Gasteiger partial charge in [0.25, 0.3) is 5.91 Å². The van der Waals surface area contributed by atoms with Gasteiger partial charge in [0.05, 0.1) is 22.9 Å². The number of thiazole rings is 1. The van der Waals surface area contributed by atoms with Crippen molar-refractivity contribution in [3.05, 3.63) is 47.2 Å². The summed E-state index contributed by atoms with van der Waals surface area (Å²) in [5.41, 5.74) is -1.07. The monoisotopic (exact) mass is 397 g/mol. The quantitative estimate of drug-likeness (QED) is 0.697. The predicted octanol–water partition coefficient (Wildman–Crippen LogP) is 3.67. The average Bonchev–Trinajstić information content (AvgIpc) is 3.01. The first kappa shape index (κ1) is 18.6. The minimum Gasteiger partial charge on any atom is -0.481 e. The maximum Gasteiger partial charge on any atom is 0.433 e. The molecule has 2 aromatic heterocycles. The highest BCUT2D eigenvalue weighted by Crippen LogP contribution is 2.31. The Bertz CT molecular complexity index is 1050. The molecule has 2 N–H and O–H groups in total. The number of hydrogen-bond donors (Lipinski definition) is 2. The Morgan fingerprint density at radius 2 is 1.89 bits per heavy atom. The summed E-state index contributed by atoms with van der Waals surface area (Å²) in [6, 6.07) is 5.90. The number of hydrogen-bond acceptors (Lipinski definition) is 6. The number of anilines is 1. The third-order valence-electron chi connectivity index (χ3n) is 3.42. The van der Waals surface area contributed by atoms with Gasteiger partial charge in [0.15, 0.2) is 5.13 Å². The molecule has 0 saturated heterocycles. The molecule has 0 aliphatic heterocycles. The van der Waals surface area contributed by atoms with E-state index in [0.29, 0.717) is 16.3 Å².